The molecule has 0 radical (unpaired) electrons. The molecule has 1 N–H and O–H groups in total. The maximum atomic E-state index is 6.58. The van der Waals surface area contributed by atoms with Gasteiger partial charge in [-0.2, -0.15) is 0 Å². The summed E-state index contributed by atoms with van der Waals surface area (Å²) in [5.74, 6) is 0.869. The van der Waals surface area contributed by atoms with Crippen LogP contribution in [0.1, 0.15) is 22.7 Å². The number of amidine groups is 1. The van der Waals surface area contributed by atoms with Crippen LogP contribution in [0.4, 0.5) is 5.69 Å². The normalized spacial score (nSPS) is 14.5. The van der Waals surface area contributed by atoms with E-state index in [0.717, 1.165) is 44.8 Å². The van der Waals surface area contributed by atoms with E-state index in [-0.39, 0.29) is 6.04 Å². The predicted octanol–water partition coefficient (Wildman–Crippen LogP) is 11.8. The first-order valence-corrected chi connectivity index (χ1v) is 17.1. The van der Waals surface area contributed by atoms with Crippen LogP contribution in [0.25, 0.3) is 71.0 Å². The highest BCUT2D eigenvalue weighted by molar-refractivity contribution is 6.27. The third-order valence-electron chi connectivity index (χ3n) is 10.4. The first kappa shape index (κ1) is 27.3. The van der Waals surface area contributed by atoms with Gasteiger partial charge in [0.1, 0.15) is 17.0 Å². The molecular formula is C46H29N3O. The molecule has 3 heterocycles. The second-order valence-electron chi connectivity index (χ2n) is 13.2. The van der Waals surface area contributed by atoms with Crippen molar-refractivity contribution in [1.29, 1.82) is 0 Å². The molecule has 0 amide bonds. The third-order valence-corrected chi connectivity index (χ3v) is 10.4. The molecule has 1 unspecified atom stereocenters. The highest BCUT2D eigenvalue weighted by atomic mass is 16.3. The molecule has 4 nitrogen and oxygen atoms in total. The average Bonchev–Trinajstić information content (AvgIpc) is 3.72. The minimum absolute atomic E-state index is 0.0218. The van der Waals surface area contributed by atoms with Gasteiger partial charge < -0.3 is 14.3 Å². The van der Waals surface area contributed by atoms with Crippen LogP contribution in [0.15, 0.2) is 173 Å². The number of hydrogen-bond acceptors (Lipinski definition) is 3. The van der Waals surface area contributed by atoms with E-state index >= 15 is 0 Å². The lowest BCUT2D eigenvalue weighted by molar-refractivity contribution is 0.669. The largest absolute Gasteiger partial charge is 0.456 e. The predicted molar refractivity (Wildman–Crippen MR) is 207 cm³/mol. The van der Waals surface area contributed by atoms with Gasteiger partial charge in [-0.15, -0.1) is 0 Å². The number of aliphatic imine (C=N–C) groups is 1. The number of para-hydroxylation sites is 1. The van der Waals surface area contributed by atoms with Crippen molar-refractivity contribution in [3.63, 3.8) is 0 Å². The molecule has 8 aromatic carbocycles. The number of furan rings is 1. The van der Waals surface area contributed by atoms with Gasteiger partial charge in [-0.1, -0.05) is 109 Å². The molecule has 0 aliphatic carbocycles. The Labute approximate surface area is 287 Å². The zero-order valence-corrected chi connectivity index (χ0v) is 27.0. The lowest BCUT2D eigenvalue weighted by atomic mass is 9.95. The summed E-state index contributed by atoms with van der Waals surface area (Å²) in [5, 5.41) is 13.4. The van der Waals surface area contributed by atoms with Gasteiger partial charge in [0.2, 0.25) is 0 Å². The van der Waals surface area contributed by atoms with Crippen LogP contribution in [0.5, 0.6) is 0 Å². The molecule has 1 atom stereocenters. The maximum absolute atomic E-state index is 6.58. The van der Waals surface area contributed by atoms with Gasteiger partial charge in [-0.3, -0.25) is 0 Å². The van der Waals surface area contributed by atoms with Crippen LogP contribution in [0.3, 0.4) is 0 Å². The van der Waals surface area contributed by atoms with Crippen molar-refractivity contribution in [2.75, 3.05) is 0 Å². The second-order valence-corrected chi connectivity index (χ2v) is 13.2. The number of hydrogen-bond donors (Lipinski definition) is 1. The van der Waals surface area contributed by atoms with Crippen molar-refractivity contribution in [3.05, 3.63) is 180 Å². The minimum atomic E-state index is 0.0218. The molecule has 0 bridgehead atoms. The molecule has 0 saturated carbocycles. The maximum Gasteiger partial charge on any atom is 0.137 e. The zero-order valence-electron chi connectivity index (χ0n) is 27.0. The zero-order chi connectivity index (χ0) is 32.8. The summed E-state index contributed by atoms with van der Waals surface area (Å²) >= 11 is 0. The SMILES string of the molecule is c1ccc(C2NC(c3ccc(-n4c5cc6oc7ccc8ccccc8c7c6cc5c5c6ccccc6ccc54)cc3)=Nc3ccccc32)cc1. The Hall–Kier alpha value is -6.65. The highest BCUT2D eigenvalue weighted by Gasteiger charge is 2.24. The molecule has 4 heteroatoms. The van der Waals surface area contributed by atoms with E-state index in [0.29, 0.717) is 0 Å². The van der Waals surface area contributed by atoms with Crippen LogP contribution in [0.2, 0.25) is 0 Å². The fraction of sp³-hybridized carbons (Fsp3) is 0.0217. The monoisotopic (exact) mass is 639 g/mol. The van der Waals surface area contributed by atoms with Gasteiger partial charge in [0, 0.05) is 44.4 Å². The Morgan fingerprint density at radius 1 is 0.520 bits per heavy atom. The summed E-state index contributed by atoms with van der Waals surface area (Å²) in [6.45, 7) is 0. The van der Waals surface area contributed by atoms with E-state index < -0.39 is 0 Å². The highest BCUT2D eigenvalue weighted by Crippen LogP contribution is 2.42. The first-order valence-electron chi connectivity index (χ1n) is 17.1. The van der Waals surface area contributed by atoms with Crippen LogP contribution < -0.4 is 5.32 Å². The van der Waals surface area contributed by atoms with Crippen LogP contribution in [0, 0.1) is 0 Å². The van der Waals surface area contributed by atoms with Gasteiger partial charge in [0.05, 0.1) is 22.8 Å². The smallest absolute Gasteiger partial charge is 0.137 e. The standard InChI is InChI=1S/C46H29N3O/c1-2-12-30(13-3-1)45-35-16-8-9-17-38(35)47-46(48-45)31-18-22-32(23-19-31)49-39-24-20-28-10-4-6-14-33(28)43(39)36-26-37-42(27-40(36)49)50-41-25-21-29-11-5-7-15-34(29)44(37)41/h1-27,45H,(H,47,48). The Balaban J connectivity index is 1.12. The number of nitrogens with zero attached hydrogens (tertiary/aromatic N) is 2. The fourth-order valence-corrected chi connectivity index (χ4v) is 8.13. The van der Waals surface area contributed by atoms with E-state index in [1.54, 1.807) is 0 Å². The molecule has 2 aromatic heterocycles. The summed E-state index contributed by atoms with van der Waals surface area (Å²) in [6, 6.07) is 58.4. The topological polar surface area (TPSA) is 42.5 Å². The van der Waals surface area contributed by atoms with Crippen molar-refractivity contribution in [3.8, 4) is 5.69 Å². The lowest BCUT2D eigenvalue weighted by Crippen LogP contribution is -2.32. The fourth-order valence-electron chi connectivity index (χ4n) is 8.13. The van der Waals surface area contributed by atoms with E-state index in [9.17, 15) is 0 Å². The average molecular weight is 640 g/mol. The minimum Gasteiger partial charge on any atom is -0.456 e. The van der Waals surface area contributed by atoms with Gasteiger partial charge in [0.15, 0.2) is 0 Å². The molecular weight excluding hydrogens is 611 g/mol. The van der Waals surface area contributed by atoms with Crippen molar-refractivity contribution in [2.45, 2.75) is 6.04 Å². The van der Waals surface area contributed by atoms with Gasteiger partial charge >= 0.3 is 0 Å². The summed E-state index contributed by atoms with van der Waals surface area (Å²) in [7, 11) is 0. The van der Waals surface area contributed by atoms with E-state index in [1.165, 1.54) is 54.3 Å². The summed E-state index contributed by atoms with van der Waals surface area (Å²) in [4.78, 5) is 5.08. The number of rotatable bonds is 3. The lowest BCUT2D eigenvalue weighted by Gasteiger charge is -2.27. The van der Waals surface area contributed by atoms with E-state index in [1.807, 2.05) is 0 Å². The quantitative estimate of drug-likeness (QED) is 0.209. The molecule has 0 fully saturated rings. The Bertz CT molecular complexity index is 3000. The number of fused-ring (bicyclic) bond motifs is 11. The molecule has 234 valence electrons. The van der Waals surface area contributed by atoms with Crippen molar-refractivity contribution >= 4 is 76.8 Å². The molecule has 10 aromatic rings. The Morgan fingerprint density at radius 2 is 1.22 bits per heavy atom. The molecule has 0 spiro atoms. The number of benzene rings is 8. The van der Waals surface area contributed by atoms with Crippen LogP contribution in [-0.2, 0) is 0 Å². The Morgan fingerprint density at radius 3 is 2.04 bits per heavy atom. The first-order chi connectivity index (χ1) is 24.8. The van der Waals surface area contributed by atoms with E-state index in [4.69, 9.17) is 9.41 Å². The van der Waals surface area contributed by atoms with Crippen LogP contribution >= 0.6 is 0 Å². The van der Waals surface area contributed by atoms with Gasteiger partial charge in [-0.05, 0) is 75.6 Å². The summed E-state index contributed by atoms with van der Waals surface area (Å²) in [6.07, 6.45) is 0. The van der Waals surface area contributed by atoms with Crippen molar-refractivity contribution in [2.24, 2.45) is 4.99 Å². The summed E-state index contributed by atoms with van der Waals surface area (Å²) in [5.41, 5.74) is 9.60. The molecule has 1 aliphatic rings. The molecule has 1 aliphatic heterocycles. The number of nitrogens with one attached hydrogen (secondary N) is 1. The van der Waals surface area contributed by atoms with Crippen LogP contribution in [-0.4, -0.2) is 10.4 Å². The molecule has 0 saturated heterocycles. The van der Waals surface area contributed by atoms with Crippen molar-refractivity contribution < 1.29 is 4.42 Å². The number of aromatic nitrogens is 1. The molecule has 50 heavy (non-hydrogen) atoms. The second kappa shape index (κ2) is 10.4. The van der Waals surface area contributed by atoms with Gasteiger partial charge in [-0.25, -0.2) is 4.99 Å². The van der Waals surface area contributed by atoms with E-state index in [2.05, 4.69) is 174 Å². The third kappa shape index (κ3) is 3.96. The molecule has 11 rings (SSSR count). The van der Waals surface area contributed by atoms with Gasteiger partial charge in [0.25, 0.3) is 0 Å². The summed E-state index contributed by atoms with van der Waals surface area (Å²) < 4.78 is 8.96. The van der Waals surface area contributed by atoms with Crippen molar-refractivity contribution in [1.82, 2.24) is 9.88 Å². The Kier molecular flexibility index (Phi) is 5.69.